The van der Waals surface area contributed by atoms with Crippen molar-refractivity contribution in [3.8, 4) is 0 Å². The molecule has 19 heavy (non-hydrogen) atoms. The molecule has 1 aliphatic rings. The lowest BCUT2D eigenvalue weighted by molar-refractivity contribution is 0.191. The van der Waals surface area contributed by atoms with Crippen molar-refractivity contribution in [1.29, 1.82) is 0 Å². The zero-order chi connectivity index (χ0) is 13.2. The topological polar surface area (TPSA) is 29.3 Å². The summed E-state index contributed by atoms with van der Waals surface area (Å²) in [5.74, 6) is 0. The average molecular weight is 272 g/mol. The monoisotopic (exact) mass is 272 g/mol. The summed E-state index contributed by atoms with van der Waals surface area (Å²) in [6.07, 6.45) is 1.18. The molecule has 1 aromatic carbocycles. The second kappa shape index (κ2) is 5.45. The van der Waals surface area contributed by atoms with Crippen LogP contribution < -0.4 is 5.73 Å². The summed E-state index contributed by atoms with van der Waals surface area (Å²) in [4.78, 5) is 4.12. The predicted molar refractivity (Wildman–Crippen MR) is 81.2 cm³/mol. The van der Waals surface area contributed by atoms with Gasteiger partial charge in [-0.1, -0.05) is 24.3 Å². The van der Waals surface area contributed by atoms with Crippen LogP contribution in [0.3, 0.4) is 0 Å². The fraction of sp³-hybridized carbons (Fsp3) is 0.375. The Morgan fingerprint density at radius 2 is 2.05 bits per heavy atom. The first-order chi connectivity index (χ1) is 9.29. The molecule has 0 aliphatic carbocycles. The highest BCUT2D eigenvalue weighted by Gasteiger charge is 2.24. The third-order valence-corrected chi connectivity index (χ3v) is 5.11. The van der Waals surface area contributed by atoms with Crippen LogP contribution in [0.1, 0.15) is 34.5 Å². The van der Waals surface area contributed by atoms with Gasteiger partial charge in [0.1, 0.15) is 0 Å². The van der Waals surface area contributed by atoms with Crippen molar-refractivity contribution >= 4 is 11.3 Å². The van der Waals surface area contributed by atoms with Crippen LogP contribution in [-0.2, 0) is 19.5 Å². The van der Waals surface area contributed by atoms with Gasteiger partial charge in [-0.25, -0.2) is 0 Å². The fourth-order valence-corrected chi connectivity index (χ4v) is 3.87. The summed E-state index contributed by atoms with van der Waals surface area (Å²) in [6, 6.07) is 11.3. The fourth-order valence-electron chi connectivity index (χ4n) is 2.91. The van der Waals surface area contributed by atoms with Gasteiger partial charge in [0.25, 0.3) is 0 Å². The summed E-state index contributed by atoms with van der Waals surface area (Å²) >= 11 is 1.90. The minimum Gasteiger partial charge on any atom is -0.326 e. The Hall–Kier alpha value is -1.16. The number of hydrogen-bond acceptors (Lipinski definition) is 3. The molecule has 2 aromatic rings. The number of nitrogens with two attached hydrogens (primary N) is 1. The van der Waals surface area contributed by atoms with E-state index in [-0.39, 0.29) is 0 Å². The summed E-state index contributed by atoms with van der Waals surface area (Å²) in [5, 5.41) is 2.22. The molecular weight excluding hydrogens is 252 g/mol. The van der Waals surface area contributed by atoms with Gasteiger partial charge in [0, 0.05) is 30.6 Å². The molecule has 1 aromatic heterocycles. The smallest absolute Gasteiger partial charge is 0.0334 e. The molecule has 1 unspecified atom stereocenters. The van der Waals surface area contributed by atoms with E-state index in [0.29, 0.717) is 12.6 Å². The van der Waals surface area contributed by atoms with E-state index in [1.54, 1.807) is 4.88 Å². The Balaban J connectivity index is 1.81. The van der Waals surface area contributed by atoms with E-state index in [1.165, 1.54) is 23.1 Å². The summed E-state index contributed by atoms with van der Waals surface area (Å²) in [5.41, 5.74) is 9.99. The zero-order valence-corrected chi connectivity index (χ0v) is 12.1. The predicted octanol–water partition coefficient (Wildman–Crippen LogP) is 3.33. The van der Waals surface area contributed by atoms with E-state index in [9.17, 15) is 0 Å². The molecule has 0 radical (unpaired) electrons. The number of hydrogen-bond donors (Lipinski definition) is 1. The van der Waals surface area contributed by atoms with Crippen LogP contribution in [-0.4, -0.2) is 11.4 Å². The van der Waals surface area contributed by atoms with Gasteiger partial charge in [0.2, 0.25) is 0 Å². The molecule has 0 bridgehead atoms. The Bertz CT molecular complexity index is 561. The van der Waals surface area contributed by atoms with Crippen LogP contribution in [0, 0.1) is 0 Å². The number of fused-ring (bicyclic) bond motifs is 1. The van der Waals surface area contributed by atoms with Crippen molar-refractivity contribution < 1.29 is 0 Å². The molecule has 3 rings (SSSR count). The molecule has 0 spiro atoms. The maximum atomic E-state index is 5.83. The van der Waals surface area contributed by atoms with Crippen molar-refractivity contribution in [2.75, 3.05) is 6.54 Å². The first-order valence-corrected chi connectivity index (χ1v) is 7.74. The first kappa shape index (κ1) is 12.9. The molecular formula is C16H20N2S. The Labute approximate surface area is 118 Å². The van der Waals surface area contributed by atoms with Gasteiger partial charge in [-0.05, 0) is 41.5 Å². The molecule has 0 saturated carbocycles. The summed E-state index contributed by atoms with van der Waals surface area (Å²) in [6.45, 7) is 5.09. The highest BCUT2D eigenvalue weighted by molar-refractivity contribution is 7.10. The molecule has 1 aliphatic heterocycles. The molecule has 100 valence electrons. The van der Waals surface area contributed by atoms with Crippen LogP contribution in [0.2, 0.25) is 0 Å². The van der Waals surface area contributed by atoms with Gasteiger partial charge in [0.15, 0.2) is 0 Å². The van der Waals surface area contributed by atoms with E-state index in [4.69, 9.17) is 5.73 Å². The van der Waals surface area contributed by atoms with E-state index < -0.39 is 0 Å². The minimum absolute atomic E-state index is 0.515. The number of thiophene rings is 1. The number of benzene rings is 1. The third kappa shape index (κ3) is 2.46. The third-order valence-electron chi connectivity index (χ3n) is 4.12. The normalized spacial score (nSPS) is 19.4. The van der Waals surface area contributed by atoms with Crippen LogP contribution in [0.5, 0.6) is 0 Å². The van der Waals surface area contributed by atoms with E-state index in [2.05, 4.69) is 47.5 Å². The van der Waals surface area contributed by atoms with Crippen LogP contribution in [0.15, 0.2) is 35.7 Å². The van der Waals surface area contributed by atoms with Crippen molar-refractivity contribution in [3.05, 3.63) is 57.3 Å². The largest absolute Gasteiger partial charge is 0.326 e. The highest BCUT2D eigenvalue weighted by Crippen LogP contribution is 2.33. The first-order valence-electron chi connectivity index (χ1n) is 6.86. The molecule has 0 fully saturated rings. The van der Waals surface area contributed by atoms with Crippen molar-refractivity contribution in [2.45, 2.75) is 32.5 Å². The maximum Gasteiger partial charge on any atom is 0.0334 e. The van der Waals surface area contributed by atoms with Gasteiger partial charge in [-0.2, -0.15) is 0 Å². The lowest BCUT2D eigenvalue weighted by Crippen LogP contribution is -2.33. The van der Waals surface area contributed by atoms with Gasteiger partial charge < -0.3 is 5.73 Å². The number of rotatable bonds is 3. The molecule has 2 nitrogen and oxygen atoms in total. The van der Waals surface area contributed by atoms with Crippen molar-refractivity contribution in [2.24, 2.45) is 5.73 Å². The van der Waals surface area contributed by atoms with Crippen molar-refractivity contribution in [3.63, 3.8) is 0 Å². The van der Waals surface area contributed by atoms with Gasteiger partial charge >= 0.3 is 0 Å². The summed E-state index contributed by atoms with van der Waals surface area (Å²) in [7, 11) is 0. The maximum absolute atomic E-state index is 5.83. The van der Waals surface area contributed by atoms with E-state index in [1.807, 2.05) is 11.3 Å². The van der Waals surface area contributed by atoms with Crippen molar-refractivity contribution in [1.82, 2.24) is 4.90 Å². The Morgan fingerprint density at radius 3 is 2.84 bits per heavy atom. The lowest BCUT2D eigenvalue weighted by Gasteiger charge is -2.34. The molecule has 3 heteroatoms. The Kier molecular flexibility index (Phi) is 3.69. The van der Waals surface area contributed by atoms with Crippen LogP contribution >= 0.6 is 11.3 Å². The second-order valence-corrected chi connectivity index (χ2v) is 6.17. The van der Waals surface area contributed by atoms with Gasteiger partial charge in [-0.3, -0.25) is 4.90 Å². The quantitative estimate of drug-likeness (QED) is 0.928. The highest BCUT2D eigenvalue weighted by atomic mass is 32.1. The standard InChI is InChI=1S/C16H20N2S/c1-12-15-7-9-19-16(15)6-8-18(12)11-14-5-3-2-4-13(14)10-17/h2-5,7,9,12H,6,8,10-11,17H2,1H3. The Morgan fingerprint density at radius 1 is 1.26 bits per heavy atom. The summed E-state index contributed by atoms with van der Waals surface area (Å²) < 4.78 is 0. The van der Waals surface area contributed by atoms with E-state index >= 15 is 0 Å². The average Bonchev–Trinajstić information content (AvgIpc) is 2.92. The van der Waals surface area contributed by atoms with Crippen LogP contribution in [0.4, 0.5) is 0 Å². The SMILES string of the molecule is CC1c2ccsc2CCN1Cc1ccccc1CN. The lowest BCUT2D eigenvalue weighted by atomic mass is 9.99. The molecule has 1 atom stereocenters. The van der Waals surface area contributed by atoms with Gasteiger partial charge in [0.05, 0.1) is 0 Å². The van der Waals surface area contributed by atoms with Crippen LogP contribution in [0.25, 0.3) is 0 Å². The molecule has 2 heterocycles. The molecule has 0 amide bonds. The van der Waals surface area contributed by atoms with E-state index in [0.717, 1.165) is 13.1 Å². The minimum atomic E-state index is 0.515. The molecule has 2 N–H and O–H groups in total. The zero-order valence-electron chi connectivity index (χ0n) is 11.3. The van der Waals surface area contributed by atoms with Gasteiger partial charge in [-0.15, -0.1) is 11.3 Å². The molecule has 0 saturated heterocycles. The number of nitrogens with zero attached hydrogens (tertiary/aromatic N) is 1. The second-order valence-electron chi connectivity index (χ2n) is 5.17.